The molecule has 14 unspecified atom stereocenters. The molecule has 0 aliphatic carbocycles. The van der Waals surface area contributed by atoms with Crippen molar-refractivity contribution in [3.63, 3.8) is 0 Å². The van der Waals surface area contributed by atoms with Crippen LogP contribution in [0.3, 0.4) is 0 Å². The summed E-state index contributed by atoms with van der Waals surface area (Å²) in [4.78, 5) is 22.7. The molecule has 0 bridgehead atoms. The maximum absolute atomic E-state index is 11.4. The van der Waals surface area contributed by atoms with E-state index >= 15 is 0 Å². The Morgan fingerprint density at radius 3 is 1.28 bits per heavy atom. The van der Waals surface area contributed by atoms with Gasteiger partial charge in [-0.15, -0.1) is 0 Å². The molecule has 4 rings (SSSR count). The van der Waals surface area contributed by atoms with Crippen LogP contribution in [0.2, 0.25) is 0 Å². The van der Waals surface area contributed by atoms with Crippen molar-refractivity contribution in [1.82, 2.24) is 0 Å². The van der Waals surface area contributed by atoms with Gasteiger partial charge in [-0.25, -0.2) is 0 Å². The van der Waals surface area contributed by atoms with Crippen LogP contribution >= 0.6 is 0 Å². The number of carbonyl (C=O) groups is 2. The van der Waals surface area contributed by atoms with Gasteiger partial charge in [0.1, 0.15) is 79.4 Å². The van der Waals surface area contributed by atoms with Gasteiger partial charge < -0.3 is 114 Å². The van der Waals surface area contributed by atoms with E-state index in [1.54, 1.807) is 6.92 Å². The molecular formula is C29H49NNa2O22. The third-order valence-corrected chi connectivity index (χ3v) is 9.20. The van der Waals surface area contributed by atoms with Crippen LogP contribution < -0.4 is 75.1 Å². The quantitative estimate of drug-likeness (QED) is 0.0826. The molecule has 0 saturated carbocycles. The standard InChI is InChI=1S/C15H26O11.C14H25NO11.2Na/c1-5-10(22-2)7(17)6(4-16)24-14(5)25-11-8(18)9(19)15(23-3)26-12(11)13(20)21;1-22-9-5(15)13(24-4(3-16)6(9)17)25-10-7(18)8(19)14(23-2)26-11(10)12(20)21;;/h5-12,14-19H,4H2,1-3H3,(H,20,21);4-11,13-14,16-19H,3,15H2,1-2H3,(H,20,21);;/q;;2*+1/p-2/t5?,6?,7?,8?,9?,10-,11+,12?,14+,15?;4?,5?,6?,7?,8?,9-,10+,11?,13+,14?;;/m11../s1. The second kappa shape index (κ2) is 23.7. The molecule has 4 heterocycles. The van der Waals surface area contributed by atoms with Crippen molar-refractivity contribution in [3.8, 4) is 0 Å². The number of carboxylic acid groups (broad SMARTS) is 2. The van der Waals surface area contributed by atoms with Gasteiger partial charge in [0.05, 0.1) is 37.3 Å². The van der Waals surface area contributed by atoms with Crippen LogP contribution in [0.5, 0.6) is 0 Å². The molecule has 0 aromatic heterocycles. The maximum Gasteiger partial charge on any atom is 1.00 e. The van der Waals surface area contributed by atoms with Gasteiger partial charge in [0.15, 0.2) is 25.2 Å². The zero-order chi connectivity index (χ0) is 39.2. The molecule has 4 saturated heterocycles. The van der Waals surface area contributed by atoms with Gasteiger partial charge in [0.2, 0.25) is 0 Å². The summed E-state index contributed by atoms with van der Waals surface area (Å²) < 4.78 is 51.8. The first kappa shape index (κ1) is 52.2. The van der Waals surface area contributed by atoms with Crippen LogP contribution in [0, 0.1) is 5.92 Å². The normalized spacial score (nSPS) is 45.1. The summed E-state index contributed by atoms with van der Waals surface area (Å²) in [5.74, 6) is -3.98. The molecule has 10 N–H and O–H groups in total. The predicted molar refractivity (Wildman–Crippen MR) is 157 cm³/mol. The minimum atomic E-state index is -1.80. The molecular weight excluding hydrogens is 760 g/mol. The average molecular weight is 810 g/mol. The van der Waals surface area contributed by atoms with E-state index in [1.807, 2.05) is 0 Å². The zero-order valence-corrected chi connectivity index (χ0v) is 34.8. The van der Waals surface area contributed by atoms with Crippen LogP contribution in [0.4, 0.5) is 0 Å². The van der Waals surface area contributed by atoms with Crippen LogP contribution in [-0.2, 0) is 57.0 Å². The van der Waals surface area contributed by atoms with E-state index in [0.29, 0.717) is 0 Å². The topological polar surface area (TPSA) is 360 Å². The summed E-state index contributed by atoms with van der Waals surface area (Å²) >= 11 is 0. The molecule has 0 aromatic carbocycles. The van der Waals surface area contributed by atoms with Gasteiger partial charge in [-0.1, -0.05) is 6.92 Å². The third-order valence-electron chi connectivity index (χ3n) is 9.20. The molecule has 54 heavy (non-hydrogen) atoms. The first-order valence-corrected chi connectivity index (χ1v) is 16.0. The molecule has 4 aliphatic rings. The molecule has 304 valence electrons. The zero-order valence-electron chi connectivity index (χ0n) is 30.8. The number of ether oxygens (including phenoxy) is 10. The summed E-state index contributed by atoms with van der Waals surface area (Å²) in [6.45, 7) is 0.499. The Morgan fingerprint density at radius 2 is 0.926 bits per heavy atom. The Bertz CT molecular complexity index is 1050. The number of hydrogen-bond donors (Lipinski definition) is 9. The van der Waals surface area contributed by atoms with Crippen LogP contribution in [0.1, 0.15) is 6.92 Å². The molecule has 0 radical (unpaired) electrons. The first-order valence-electron chi connectivity index (χ1n) is 16.0. The Labute approximate surface area is 354 Å². The molecule has 0 amide bonds. The number of aliphatic hydroxyl groups excluding tert-OH is 8. The molecule has 20 atom stereocenters. The van der Waals surface area contributed by atoms with Gasteiger partial charge in [0.25, 0.3) is 0 Å². The number of hydrogen-bond acceptors (Lipinski definition) is 23. The SMILES string of the molecule is COC1OC(C(=O)[O-])[C@@H](O[C@@H]2OC(CO)C(O)[C@H](OC)C2C)C(O)C1O.COC1OC(C(=O)[O-])[C@@H](O[C@@H]2OC(CO)C(O)[C@H](OC)C2N)C(O)C1O.[Na+].[Na+]. The summed E-state index contributed by atoms with van der Waals surface area (Å²) in [6.07, 6.45) is -24.9. The van der Waals surface area contributed by atoms with Gasteiger partial charge >= 0.3 is 59.1 Å². The van der Waals surface area contributed by atoms with Crippen molar-refractivity contribution in [2.24, 2.45) is 11.7 Å². The summed E-state index contributed by atoms with van der Waals surface area (Å²) in [7, 11) is 4.97. The van der Waals surface area contributed by atoms with Crippen LogP contribution in [0.15, 0.2) is 0 Å². The van der Waals surface area contributed by atoms with Gasteiger partial charge in [-0.3, -0.25) is 0 Å². The number of carbonyl (C=O) groups excluding carboxylic acids is 2. The number of rotatable bonds is 12. The maximum atomic E-state index is 11.4. The molecule has 4 fully saturated rings. The van der Waals surface area contributed by atoms with Crippen molar-refractivity contribution >= 4 is 11.9 Å². The third kappa shape index (κ3) is 11.7. The second-order valence-electron chi connectivity index (χ2n) is 12.4. The van der Waals surface area contributed by atoms with E-state index in [1.165, 1.54) is 21.3 Å². The number of carboxylic acids is 2. The van der Waals surface area contributed by atoms with Gasteiger partial charge in [-0.2, -0.15) is 0 Å². The van der Waals surface area contributed by atoms with Crippen molar-refractivity contribution in [3.05, 3.63) is 0 Å². The van der Waals surface area contributed by atoms with E-state index in [2.05, 4.69) is 0 Å². The monoisotopic (exact) mass is 809 g/mol. The second-order valence-corrected chi connectivity index (χ2v) is 12.4. The van der Waals surface area contributed by atoms with Gasteiger partial charge in [0, 0.05) is 34.4 Å². The summed E-state index contributed by atoms with van der Waals surface area (Å²) in [5, 5.41) is 102. The fourth-order valence-corrected chi connectivity index (χ4v) is 6.28. The minimum absolute atomic E-state index is 0. The van der Waals surface area contributed by atoms with Crippen LogP contribution in [0.25, 0.3) is 0 Å². The van der Waals surface area contributed by atoms with E-state index in [9.17, 15) is 60.7 Å². The van der Waals surface area contributed by atoms with E-state index in [-0.39, 0.29) is 59.1 Å². The molecule has 0 aromatic rings. The van der Waals surface area contributed by atoms with Crippen LogP contribution in [-0.4, -0.2) is 211 Å². The summed E-state index contributed by atoms with van der Waals surface area (Å²) in [5.41, 5.74) is 5.92. The van der Waals surface area contributed by atoms with E-state index < -0.39 is 148 Å². The smallest absolute Gasteiger partial charge is 0.547 e. The number of nitrogens with two attached hydrogens (primary N) is 1. The van der Waals surface area contributed by atoms with Crippen molar-refractivity contribution < 1.29 is 167 Å². The number of aliphatic carboxylic acids is 2. The number of aliphatic hydroxyl groups is 8. The molecule has 23 nitrogen and oxygen atoms in total. The molecule has 25 heteroatoms. The van der Waals surface area contributed by atoms with Gasteiger partial charge in [-0.05, 0) is 0 Å². The molecule has 4 aliphatic heterocycles. The van der Waals surface area contributed by atoms with E-state index in [0.717, 1.165) is 7.11 Å². The van der Waals surface area contributed by atoms with E-state index in [4.69, 9.17) is 53.1 Å². The van der Waals surface area contributed by atoms with Crippen molar-refractivity contribution in [2.75, 3.05) is 41.7 Å². The minimum Gasteiger partial charge on any atom is -0.547 e. The Kier molecular flexibility index (Phi) is 22.9. The molecule has 0 spiro atoms. The Hall–Kier alpha value is 0.180. The fraction of sp³-hybridized carbons (Fsp3) is 0.931. The predicted octanol–water partition coefficient (Wildman–Crippen LogP) is -15.4. The average Bonchev–Trinajstić information content (AvgIpc) is 3.11. The first-order chi connectivity index (χ1) is 24.5. The Balaban J connectivity index is 0.000000521. The van der Waals surface area contributed by atoms with Crippen molar-refractivity contribution in [2.45, 2.75) is 124 Å². The fourth-order valence-electron chi connectivity index (χ4n) is 6.28. The van der Waals surface area contributed by atoms with Crippen molar-refractivity contribution in [1.29, 1.82) is 0 Å². The Morgan fingerprint density at radius 1 is 0.556 bits per heavy atom. The summed E-state index contributed by atoms with van der Waals surface area (Å²) in [6, 6.07) is -1.09. The largest absolute Gasteiger partial charge is 1.00 e. The number of methoxy groups -OCH3 is 4.